The Bertz CT molecular complexity index is 3220. The summed E-state index contributed by atoms with van der Waals surface area (Å²) in [7, 11) is 0. The van der Waals surface area contributed by atoms with Gasteiger partial charge in [-0.1, -0.05) is 158 Å². The van der Waals surface area contributed by atoms with Gasteiger partial charge in [-0.05, 0) is 58.7 Å². The second kappa shape index (κ2) is 13.3. The lowest BCUT2D eigenvalue weighted by molar-refractivity contribution is 1.08. The third-order valence-corrected chi connectivity index (χ3v) is 11.9. The van der Waals surface area contributed by atoms with Crippen molar-refractivity contribution in [1.29, 1.82) is 0 Å². The molecule has 0 aliphatic heterocycles. The maximum atomic E-state index is 5.26. The van der Waals surface area contributed by atoms with E-state index in [0.29, 0.717) is 17.5 Å². The molecular formula is C51H32N4S. The monoisotopic (exact) mass is 732 g/mol. The van der Waals surface area contributed by atoms with E-state index < -0.39 is 0 Å². The minimum atomic E-state index is 0.640. The second-order valence-corrected chi connectivity index (χ2v) is 15.0. The first kappa shape index (κ1) is 32.2. The average molecular weight is 733 g/mol. The quantitative estimate of drug-likeness (QED) is 0.171. The molecule has 0 aliphatic carbocycles. The highest BCUT2D eigenvalue weighted by atomic mass is 32.1. The van der Waals surface area contributed by atoms with Crippen LogP contribution in [0.1, 0.15) is 0 Å². The van der Waals surface area contributed by atoms with Crippen molar-refractivity contribution in [2.24, 2.45) is 0 Å². The van der Waals surface area contributed by atoms with Gasteiger partial charge in [0, 0.05) is 53.3 Å². The summed E-state index contributed by atoms with van der Waals surface area (Å²) in [5, 5.41) is 4.94. The number of benzene rings is 8. The van der Waals surface area contributed by atoms with Gasteiger partial charge in [0.15, 0.2) is 17.5 Å². The third-order valence-electron chi connectivity index (χ3n) is 10.7. The highest BCUT2D eigenvalue weighted by Crippen LogP contribution is 2.46. The molecule has 262 valence electrons. The van der Waals surface area contributed by atoms with Crippen molar-refractivity contribution >= 4 is 53.3 Å². The number of rotatable bonds is 6. The molecule has 56 heavy (non-hydrogen) atoms. The first-order chi connectivity index (χ1) is 27.8. The van der Waals surface area contributed by atoms with E-state index in [1.165, 1.54) is 42.8 Å². The molecule has 0 saturated heterocycles. The Kier molecular flexibility index (Phi) is 7.64. The van der Waals surface area contributed by atoms with Crippen LogP contribution in [0.4, 0.5) is 0 Å². The molecule has 0 atom stereocenters. The number of hydrogen-bond donors (Lipinski definition) is 0. The smallest absolute Gasteiger partial charge is 0.165 e. The van der Waals surface area contributed by atoms with E-state index in [0.717, 1.165) is 43.8 Å². The lowest BCUT2D eigenvalue weighted by Crippen LogP contribution is -2.00. The number of para-hydroxylation sites is 2. The molecule has 0 N–H and O–H groups in total. The molecule has 0 spiro atoms. The van der Waals surface area contributed by atoms with Crippen molar-refractivity contribution in [2.45, 2.75) is 0 Å². The van der Waals surface area contributed by atoms with Crippen LogP contribution in [0, 0.1) is 0 Å². The molecule has 8 aromatic carbocycles. The average Bonchev–Trinajstić information content (AvgIpc) is 3.83. The van der Waals surface area contributed by atoms with E-state index in [-0.39, 0.29) is 0 Å². The molecule has 5 heteroatoms. The van der Waals surface area contributed by atoms with Crippen LogP contribution >= 0.6 is 11.3 Å². The van der Waals surface area contributed by atoms with Gasteiger partial charge in [-0.15, -0.1) is 11.3 Å². The number of hydrogen-bond acceptors (Lipinski definition) is 4. The highest BCUT2D eigenvalue weighted by Gasteiger charge is 2.21. The van der Waals surface area contributed by atoms with Crippen LogP contribution in [0.5, 0.6) is 0 Å². The summed E-state index contributed by atoms with van der Waals surface area (Å²) in [4.78, 5) is 15.6. The lowest BCUT2D eigenvalue weighted by Gasteiger charge is -2.11. The fourth-order valence-electron chi connectivity index (χ4n) is 8.00. The number of nitrogens with zero attached hydrogens (tertiary/aromatic N) is 4. The van der Waals surface area contributed by atoms with Crippen molar-refractivity contribution in [1.82, 2.24) is 19.5 Å². The molecule has 3 aromatic heterocycles. The van der Waals surface area contributed by atoms with Crippen LogP contribution in [0.2, 0.25) is 0 Å². The van der Waals surface area contributed by atoms with E-state index in [2.05, 4.69) is 187 Å². The molecule has 0 unspecified atom stereocenters. The summed E-state index contributed by atoms with van der Waals surface area (Å²) in [5.74, 6) is 1.94. The predicted octanol–water partition coefficient (Wildman–Crippen LogP) is 13.7. The third kappa shape index (κ3) is 5.40. The fourth-order valence-corrected chi connectivity index (χ4v) is 9.37. The summed E-state index contributed by atoms with van der Waals surface area (Å²) in [6.45, 7) is 0. The normalized spacial score (nSPS) is 11.6. The maximum absolute atomic E-state index is 5.26. The Morgan fingerprint density at radius 1 is 0.339 bits per heavy atom. The van der Waals surface area contributed by atoms with Crippen LogP contribution in [0.3, 0.4) is 0 Å². The highest BCUT2D eigenvalue weighted by molar-refractivity contribution is 7.27. The van der Waals surface area contributed by atoms with Crippen molar-refractivity contribution in [3.05, 3.63) is 194 Å². The van der Waals surface area contributed by atoms with Gasteiger partial charge in [-0.25, -0.2) is 15.0 Å². The zero-order valence-electron chi connectivity index (χ0n) is 30.2. The Labute approximate surface area is 327 Å². The van der Waals surface area contributed by atoms with Crippen LogP contribution in [0.25, 0.3) is 104 Å². The minimum Gasteiger partial charge on any atom is -0.309 e. The van der Waals surface area contributed by atoms with Gasteiger partial charge in [0.2, 0.25) is 0 Å². The van der Waals surface area contributed by atoms with Gasteiger partial charge in [0.1, 0.15) is 0 Å². The molecule has 11 aromatic rings. The SMILES string of the molecule is c1ccc(-c2ccc(-c3nc(-c4cccc(-c5ccccc5)c4)nc(-c4cccc5c4sc4c5ccc5c4c4ccccc4n5-c4ccccc4)n3)cc2)cc1. The molecule has 0 amide bonds. The van der Waals surface area contributed by atoms with E-state index >= 15 is 0 Å². The summed E-state index contributed by atoms with van der Waals surface area (Å²) in [6, 6.07) is 68.4. The topological polar surface area (TPSA) is 43.6 Å². The van der Waals surface area contributed by atoms with Crippen LogP contribution < -0.4 is 0 Å². The molecule has 0 saturated carbocycles. The van der Waals surface area contributed by atoms with E-state index in [1.807, 2.05) is 23.5 Å². The van der Waals surface area contributed by atoms with Gasteiger partial charge in [-0.2, -0.15) is 0 Å². The summed E-state index contributed by atoms with van der Waals surface area (Å²) in [5.41, 5.74) is 11.0. The van der Waals surface area contributed by atoms with Gasteiger partial charge in [-0.3, -0.25) is 0 Å². The summed E-state index contributed by atoms with van der Waals surface area (Å²) in [6.07, 6.45) is 0. The fraction of sp³-hybridized carbons (Fsp3) is 0. The van der Waals surface area contributed by atoms with Gasteiger partial charge >= 0.3 is 0 Å². The molecule has 0 fully saturated rings. The van der Waals surface area contributed by atoms with E-state index in [1.54, 1.807) is 0 Å². The molecule has 3 heterocycles. The Morgan fingerprint density at radius 3 is 1.64 bits per heavy atom. The zero-order valence-corrected chi connectivity index (χ0v) is 31.0. The largest absolute Gasteiger partial charge is 0.309 e. The number of thiophene rings is 1. The Hall–Kier alpha value is -7.21. The Morgan fingerprint density at radius 2 is 0.875 bits per heavy atom. The molecule has 0 bridgehead atoms. The van der Waals surface area contributed by atoms with Crippen molar-refractivity contribution in [2.75, 3.05) is 0 Å². The maximum Gasteiger partial charge on any atom is 0.165 e. The van der Waals surface area contributed by atoms with E-state index in [4.69, 9.17) is 15.0 Å². The van der Waals surface area contributed by atoms with Gasteiger partial charge < -0.3 is 4.57 Å². The molecule has 0 aliphatic rings. The van der Waals surface area contributed by atoms with Crippen LogP contribution in [-0.2, 0) is 0 Å². The van der Waals surface area contributed by atoms with Crippen LogP contribution in [-0.4, -0.2) is 19.5 Å². The standard InChI is InChI=1S/C51H32N4S/c1-4-14-33(15-5-1)35-26-28-36(29-27-35)49-52-50(38-19-12-18-37(32-38)34-16-6-2-7-17-34)54-51(53-49)43-24-13-23-40-41-30-31-45-46(48(41)56-47(40)43)42-22-10-11-25-44(42)55(45)39-20-8-3-9-21-39/h1-32H. The van der Waals surface area contributed by atoms with Crippen molar-refractivity contribution in [3.8, 4) is 62.1 Å². The zero-order chi connectivity index (χ0) is 37.0. The number of fused-ring (bicyclic) bond motifs is 7. The second-order valence-electron chi connectivity index (χ2n) is 14.0. The van der Waals surface area contributed by atoms with Crippen molar-refractivity contribution in [3.63, 3.8) is 0 Å². The Balaban J connectivity index is 1.13. The van der Waals surface area contributed by atoms with E-state index in [9.17, 15) is 0 Å². The molecule has 11 rings (SSSR count). The van der Waals surface area contributed by atoms with Crippen molar-refractivity contribution < 1.29 is 0 Å². The predicted molar refractivity (Wildman–Crippen MR) is 234 cm³/mol. The molecule has 4 nitrogen and oxygen atoms in total. The minimum absolute atomic E-state index is 0.640. The summed E-state index contributed by atoms with van der Waals surface area (Å²) < 4.78 is 4.80. The first-order valence-electron chi connectivity index (χ1n) is 18.8. The first-order valence-corrected chi connectivity index (χ1v) is 19.6. The molecule has 0 radical (unpaired) electrons. The molecular weight excluding hydrogens is 701 g/mol. The number of aromatic nitrogens is 4. The lowest BCUT2D eigenvalue weighted by atomic mass is 10.0. The van der Waals surface area contributed by atoms with Gasteiger partial charge in [0.05, 0.1) is 11.0 Å². The van der Waals surface area contributed by atoms with Gasteiger partial charge in [0.25, 0.3) is 0 Å². The van der Waals surface area contributed by atoms with Crippen LogP contribution in [0.15, 0.2) is 194 Å². The summed E-state index contributed by atoms with van der Waals surface area (Å²) >= 11 is 1.82.